The average Bonchev–Trinajstić information content (AvgIpc) is 3.09. The molecule has 2 heterocycles. The molecule has 146 valence electrons. The molecule has 1 saturated heterocycles. The van der Waals surface area contributed by atoms with E-state index in [2.05, 4.69) is 10.1 Å². The predicted octanol–water partition coefficient (Wildman–Crippen LogP) is 1.16. The molecule has 1 fully saturated rings. The van der Waals surface area contributed by atoms with Crippen LogP contribution in [0.25, 0.3) is 0 Å². The highest BCUT2D eigenvalue weighted by Gasteiger charge is 2.37. The first-order valence-electron chi connectivity index (χ1n) is 9.19. The molecular formula is C19H26N4O4. The highest BCUT2D eigenvalue weighted by molar-refractivity contribution is 6.02. The molecule has 1 atom stereocenters. The van der Waals surface area contributed by atoms with E-state index >= 15 is 0 Å². The number of rotatable bonds is 7. The number of benzene rings is 1. The highest BCUT2D eigenvalue weighted by atomic mass is 16.6. The van der Waals surface area contributed by atoms with Crippen LogP contribution in [-0.2, 0) is 9.63 Å². The molecule has 0 aromatic heterocycles. The van der Waals surface area contributed by atoms with Crippen LogP contribution in [0.5, 0.6) is 0 Å². The first kappa shape index (κ1) is 19.3. The Kier molecular flexibility index (Phi) is 5.76. The van der Waals surface area contributed by atoms with Crippen molar-refractivity contribution in [2.45, 2.75) is 43.8 Å². The lowest BCUT2D eigenvalue weighted by atomic mass is 9.84. The Labute approximate surface area is 158 Å². The first-order valence-corrected chi connectivity index (χ1v) is 9.19. The number of oxime groups is 1. The van der Waals surface area contributed by atoms with Crippen LogP contribution in [0.4, 0.5) is 0 Å². The first-order chi connectivity index (χ1) is 12.8. The van der Waals surface area contributed by atoms with E-state index in [4.69, 9.17) is 21.1 Å². The summed E-state index contributed by atoms with van der Waals surface area (Å²) in [7, 11) is 0. The molecule has 1 aromatic carbocycles. The number of nitrogen functional groups attached to an aromatic ring is 1. The topological polar surface area (TPSA) is 132 Å². The number of nitrogens with one attached hydrogen (secondary N) is 1. The van der Waals surface area contributed by atoms with E-state index in [0.29, 0.717) is 50.9 Å². The van der Waals surface area contributed by atoms with Crippen molar-refractivity contribution in [1.82, 2.24) is 4.90 Å². The summed E-state index contributed by atoms with van der Waals surface area (Å²) in [6, 6.07) is 7.32. The van der Waals surface area contributed by atoms with Gasteiger partial charge < -0.3 is 25.7 Å². The minimum atomic E-state index is -0.798. The van der Waals surface area contributed by atoms with Crippen molar-refractivity contribution in [2.75, 3.05) is 19.6 Å². The van der Waals surface area contributed by atoms with Crippen LogP contribution >= 0.6 is 0 Å². The number of likely N-dealkylation sites (tertiary alicyclic amines) is 1. The largest absolute Gasteiger partial charge is 0.481 e. The van der Waals surface area contributed by atoms with Crippen molar-refractivity contribution >= 4 is 17.5 Å². The van der Waals surface area contributed by atoms with Crippen LogP contribution in [0.15, 0.2) is 29.4 Å². The highest BCUT2D eigenvalue weighted by Crippen LogP contribution is 2.31. The van der Waals surface area contributed by atoms with E-state index in [1.807, 2.05) is 12.1 Å². The van der Waals surface area contributed by atoms with Gasteiger partial charge in [-0.25, -0.2) is 0 Å². The summed E-state index contributed by atoms with van der Waals surface area (Å²) in [5, 5.41) is 31.2. The summed E-state index contributed by atoms with van der Waals surface area (Å²) in [5.74, 6) is -0.767. The number of amidine groups is 1. The molecule has 27 heavy (non-hydrogen) atoms. The molecule has 2 aliphatic rings. The van der Waals surface area contributed by atoms with Gasteiger partial charge in [0.05, 0.1) is 17.7 Å². The Morgan fingerprint density at radius 3 is 2.59 bits per heavy atom. The number of aliphatic carboxylic acids is 1. The zero-order valence-electron chi connectivity index (χ0n) is 15.2. The Hall–Kier alpha value is -2.45. The van der Waals surface area contributed by atoms with Crippen molar-refractivity contribution in [1.29, 1.82) is 5.41 Å². The molecule has 1 aromatic rings. The number of carboxylic acids is 1. The van der Waals surface area contributed by atoms with Crippen LogP contribution in [0.1, 0.15) is 43.2 Å². The lowest BCUT2D eigenvalue weighted by Gasteiger charge is -2.38. The fraction of sp³-hybridized carbons (Fsp3) is 0.526. The second-order valence-corrected chi connectivity index (χ2v) is 7.37. The standard InChI is InChI=1S/C19H26N4O4/c20-18(21)14-3-1-13(2-4-14)16-11-15(27-22-16)12-19(26)6-9-23(10-7-19)8-5-17(24)25/h1-4,15,26H,5-12H2,(H3,20,21)(H,24,25). The van der Waals surface area contributed by atoms with Crippen molar-refractivity contribution in [3.63, 3.8) is 0 Å². The van der Waals surface area contributed by atoms with Gasteiger partial charge in [0.25, 0.3) is 0 Å². The summed E-state index contributed by atoms with van der Waals surface area (Å²) >= 11 is 0. The van der Waals surface area contributed by atoms with Crippen molar-refractivity contribution in [2.24, 2.45) is 10.9 Å². The van der Waals surface area contributed by atoms with Crippen LogP contribution in [0.3, 0.4) is 0 Å². The SMILES string of the molecule is N=C(N)c1ccc(C2=NOC(CC3(O)CCN(CCC(=O)O)CC3)C2)cc1. The van der Waals surface area contributed by atoms with E-state index in [0.717, 1.165) is 11.3 Å². The number of carbonyl (C=O) groups is 1. The molecule has 3 rings (SSSR count). The van der Waals surface area contributed by atoms with Crippen molar-refractivity contribution in [3.8, 4) is 0 Å². The molecule has 8 nitrogen and oxygen atoms in total. The third-order valence-corrected chi connectivity index (χ3v) is 5.30. The van der Waals surface area contributed by atoms with Gasteiger partial charge >= 0.3 is 5.97 Å². The maximum Gasteiger partial charge on any atom is 0.304 e. The number of hydrogen-bond acceptors (Lipinski definition) is 6. The average molecular weight is 374 g/mol. The molecule has 0 saturated carbocycles. The van der Waals surface area contributed by atoms with Crippen LogP contribution in [0.2, 0.25) is 0 Å². The lowest BCUT2D eigenvalue weighted by molar-refractivity contribution is -0.137. The van der Waals surface area contributed by atoms with Gasteiger partial charge in [0.2, 0.25) is 0 Å². The number of nitrogens with two attached hydrogens (primary N) is 1. The second kappa shape index (κ2) is 8.06. The van der Waals surface area contributed by atoms with Crippen LogP contribution in [0, 0.1) is 5.41 Å². The van der Waals surface area contributed by atoms with Gasteiger partial charge in [-0.2, -0.15) is 0 Å². The van der Waals surface area contributed by atoms with Gasteiger partial charge in [-0.1, -0.05) is 29.4 Å². The van der Waals surface area contributed by atoms with Gasteiger partial charge in [-0.05, 0) is 18.4 Å². The van der Waals surface area contributed by atoms with Crippen molar-refractivity contribution in [3.05, 3.63) is 35.4 Å². The van der Waals surface area contributed by atoms with Gasteiger partial charge in [-0.15, -0.1) is 0 Å². The quantitative estimate of drug-likeness (QED) is 0.418. The van der Waals surface area contributed by atoms with E-state index in [-0.39, 0.29) is 18.4 Å². The lowest BCUT2D eigenvalue weighted by Crippen LogP contribution is -2.46. The molecule has 0 radical (unpaired) electrons. The zero-order valence-corrected chi connectivity index (χ0v) is 15.2. The molecular weight excluding hydrogens is 348 g/mol. The van der Waals surface area contributed by atoms with E-state index < -0.39 is 11.6 Å². The zero-order chi connectivity index (χ0) is 19.4. The van der Waals surface area contributed by atoms with E-state index in [9.17, 15) is 9.90 Å². The molecule has 2 aliphatic heterocycles. The number of nitrogens with zero attached hydrogens (tertiary/aromatic N) is 2. The minimum absolute atomic E-state index is 0.0287. The number of hydrogen-bond donors (Lipinski definition) is 4. The molecule has 0 bridgehead atoms. The second-order valence-electron chi connectivity index (χ2n) is 7.37. The summed E-state index contributed by atoms with van der Waals surface area (Å²) in [6.07, 6.45) is 2.32. The van der Waals surface area contributed by atoms with Gasteiger partial charge in [0.15, 0.2) is 0 Å². The summed E-state index contributed by atoms with van der Waals surface area (Å²) < 4.78 is 0. The molecule has 5 N–H and O–H groups in total. The fourth-order valence-corrected chi connectivity index (χ4v) is 3.63. The maximum atomic E-state index is 10.9. The molecule has 1 unspecified atom stereocenters. The third kappa shape index (κ3) is 5.05. The molecule has 8 heteroatoms. The molecule has 0 spiro atoms. The predicted molar refractivity (Wildman–Crippen MR) is 101 cm³/mol. The minimum Gasteiger partial charge on any atom is -0.481 e. The number of aliphatic hydroxyl groups is 1. The molecule has 0 aliphatic carbocycles. The fourth-order valence-electron chi connectivity index (χ4n) is 3.63. The summed E-state index contributed by atoms with van der Waals surface area (Å²) in [5.41, 5.74) is 7.10. The number of carboxylic acid groups (broad SMARTS) is 1. The van der Waals surface area contributed by atoms with Gasteiger partial charge in [0.1, 0.15) is 11.9 Å². The third-order valence-electron chi connectivity index (χ3n) is 5.30. The normalized spacial score (nSPS) is 22.1. The van der Waals surface area contributed by atoms with Gasteiger partial charge in [0, 0.05) is 38.0 Å². The van der Waals surface area contributed by atoms with Crippen molar-refractivity contribution < 1.29 is 19.8 Å². The Morgan fingerprint density at radius 1 is 1.33 bits per heavy atom. The Bertz CT molecular complexity index is 724. The Balaban J connectivity index is 1.49. The maximum absolute atomic E-state index is 10.9. The summed E-state index contributed by atoms with van der Waals surface area (Å²) in [4.78, 5) is 18.3. The van der Waals surface area contributed by atoms with E-state index in [1.54, 1.807) is 12.1 Å². The monoisotopic (exact) mass is 374 g/mol. The number of piperidine rings is 1. The van der Waals surface area contributed by atoms with Crippen LogP contribution < -0.4 is 5.73 Å². The molecule has 0 amide bonds. The van der Waals surface area contributed by atoms with Crippen LogP contribution in [-0.4, -0.2) is 64.0 Å². The van der Waals surface area contributed by atoms with E-state index in [1.165, 1.54) is 0 Å². The van der Waals surface area contributed by atoms with Gasteiger partial charge in [-0.3, -0.25) is 10.2 Å². The smallest absolute Gasteiger partial charge is 0.304 e. The summed E-state index contributed by atoms with van der Waals surface area (Å²) in [6.45, 7) is 1.91. The Morgan fingerprint density at radius 2 is 2.00 bits per heavy atom.